The van der Waals surface area contributed by atoms with Gasteiger partial charge in [0.2, 0.25) is 11.8 Å². The standard InChI is InChI=1S/C24H33N5O2/c1-2-29(21-8-4-3-5-9-21)24(31)13-12-23(30)27-14-6-7-20(17-27)15-22-26-25-18-28(22)16-19-10-11-19/h3-5,8-9,18-20H,2,6-7,10-17H2,1H3. The Balaban J connectivity index is 1.27. The second kappa shape index (κ2) is 10.1. The molecule has 1 saturated heterocycles. The summed E-state index contributed by atoms with van der Waals surface area (Å²) in [5.41, 5.74) is 0.885. The average Bonchev–Trinajstić information content (AvgIpc) is 3.51. The molecule has 1 saturated carbocycles. The highest BCUT2D eigenvalue weighted by molar-refractivity contribution is 5.95. The van der Waals surface area contributed by atoms with Gasteiger partial charge in [-0.2, -0.15) is 0 Å². The van der Waals surface area contributed by atoms with Gasteiger partial charge in [0.05, 0.1) is 0 Å². The molecule has 0 N–H and O–H groups in total. The van der Waals surface area contributed by atoms with E-state index in [0.717, 1.165) is 56.3 Å². The lowest BCUT2D eigenvalue weighted by atomic mass is 9.94. The number of nitrogens with zero attached hydrogens (tertiary/aromatic N) is 5. The summed E-state index contributed by atoms with van der Waals surface area (Å²) >= 11 is 0. The largest absolute Gasteiger partial charge is 0.342 e. The molecular weight excluding hydrogens is 390 g/mol. The number of para-hydroxylation sites is 1. The third-order valence-corrected chi connectivity index (χ3v) is 6.43. The van der Waals surface area contributed by atoms with Crippen molar-refractivity contribution in [3.05, 3.63) is 42.5 Å². The molecule has 2 aliphatic rings. The second-order valence-electron chi connectivity index (χ2n) is 8.87. The van der Waals surface area contributed by atoms with Crippen molar-refractivity contribution in [3.8, 4) is 0 Å². The van der Waals surface area contributed by atoms with E-state index in [4.69, 9.17) is 0 Å². The smallest absolute Gasteiger partial charge is 0.227 e. The van der Waals surface area contributed by atoms with E-state index in [9.17, 15) is 9.59 Å². The highest BCUT2D eigenvalue weighted by Gasteiger charge is 2.27. The number of rotatable bonds is 9. The Bertz CT molecular complexity index is 877. The molecule has 1 atom stereocenters. The highest BCUT2D eigenvalue weighted by atomic mass is 16.2. The topological polar surface area (TPSA) is 71.3 Å². The monoisotopic (exact) mass is 423 g/mol. The quantitative estimate of drug-likeness (QED) is 0.620. The molecule has 0 radical (unpaired) electrons. The van der Waals surface area contributed by atoms with Crippen molar-refractivity contribution < 1.29 is 9.59 Å². The minimum absolute atomic E-state index is 0.00351. The summed E-state index contributed by atoms with van der Waals surface area (Å²) in [6, 6.07) is 9.65. The molecular formula is C24H33N5O2. The third-order valence-electron chi connectivity index (χ3n) is 6.43. The minimum atomic E-state index is 0.00351. The number of amides is 2. The van der Waals surface area contributed by atoms with Crippen LogP contribution in [0.15, 0.2) is 36.7 Å². The summed E-state index contributed by atoms with van der Waals surface area (Å²) in [7, 11) is 0. The minimum Gasteiger partial charge on any atom is -0.342 e. The maximum absolute atomic E-state index is 12.8. The molecule has 2 amide bonds. The summed E-state index contributed by atoms with van der Waals surface area (Å²) in [6.07, 6.45) is 7.96. The molecule has 1 aliphatic carbocycles. The summed E-state index contributed by atoms with van der Waals surface area (Å²) in [4.78, 5) is 29.2. The lowest BCUT2D eigenvalue weighted by Gasteiger charge is -2.33. The van der Waals surface area contributed by atoms with Gasteiger partial charge in [0.1, 0.15) is 12.2 Å². The van der Waals surface area contributed by atoms with E-state index in [0.29, 0.717) is 12.5 Å². The molecule has 1 aliphatic heterocycles. The van der Waals surface area contributed by atoms with Crippen molar-refractivity contribution >= 4 is 17.5 Å². The fourth-order valence-corrected chi connectivity index (χ4v) is 4.50. The Labute approximate surface area is 184 Å². The number of carbonyl (C=O) groups is 2. The van der Waals surface area contributed by atoms with Crippen LogP contribution in [0.1, 0.15) is 51.3 Å². The van der Waals surface area contributed by atoms with Gasteiger partial charge in [0.15, 0.2) is 0 Å². The van der Waals surface area contributed by atoms with Crippen LogP contribution in [-0.2, 0) is 22.6 Å². The van der Waals surface area contributed by atoms with Gasteiger partial charge in [0.25, 0.3) is 0 Å². The molecule has 166 valence electrons. The van der Waals surface area contributed by atoms with Crippen molar-refractivity contribution in [1.82, 2.24) is 19.7 Å². The molecule has 7 heteroatoms. The summed E-state index contributed by atoms with van der Waals surface area (Å²) in [5, 5.41) is 8.45. The van der Waals surface area contributed by atoms with E-state index in [1.807, 2.05) is 48.5 Å². The summed E-state index contributed by atoms with van der Waals surface area (Å²) in [5.74, 6) is 2.33. The zero-order valence-electron chi connectivity index (χ0n) is 18.4. The molecule has 31 heavy (non-hydrogen) atoms. The van der Waals surface area contributed by atoms with Gasteiger partial charge in [-0.05, 0) is 56.6 Å². The van der Waals surface area contributed by atoms with Gasteiger partial charge in [-0.1, -0.05) is 18.2 Å². The van der Waals surface area contributed by atoms with E-state index in [-0.39, 0.29) is 24.7 Å². The Kier molecular flexibility index (Phi) is 6.99. The van der Waals surface area contributed by atoms with Crippen LogP contribution in [0.4, 0.5) is 5.69 Å². The number of hydrogen-bond acceptors (Lipinski definition) is 4. The highest BCUT2D eigenvalue weighted by Crippen LogP contribution is 2.31. The summed E-state index contributed by atoms with van der Waals surface area (Å²) in [6.45, 7) is 5.12. The average molecular weight is 424 g/mol. The molecule has 1 aromatic heterocycles. The number of piperidine rings is 1. The lowest BCUT2D eigenvalue weighted by Crippen LogP contribution is -2.41. The number of likely N-dealkylation sites (tertiary alicyclic amines) is 1. The number of hydrogen-bond donors (Lipinski definition) is 0. The van der Waals surface area contributed by atoms with Gasteiger partial charge in [-0.15, -0.1) is 10.2 Å². The first-order chi connectivity index (χ1) is 15.1. The van der Waals surface area contributed by atoms with Crippen molar-refractivity contribution in [2.45, 2.75) is 58.4 Å². The van der Waals surface area contributed by atoms with Crippen LogP contribution < -0.4 is 4.90 Å². The van der Waals surface area contributed by atoms with Crippen LogP contribution in [0.5, 0.6) is 0 Å². The van der Waals surface area contributed by atoms with Crippen LogP contribution in [0.3, 0.4) is 0 Å². The van der Waals surface area contributed by atoms with Gasteiger partial charge < -0.3 is 14.4 Å². The zero-order chi connectivity index (χ0) is 21.6. The fourth-order valence-electron chi connectivity index (χ4n) is 4.50. The third kappa shape index (κ3) is 5.71. The molecule has 1 unspecified atom stereocenters. The Hall–Kier alpha value is -2.70. The van der Waals surface area contributed by atoms with Gasteiger partial charge in [0, 0.05) is 51.1 Å². The van der Waals surface area contributed by atoms with Crippen molar-refractivity contribution in [2.75, 3.05) is 24.5 Å². The van der Waals surface area contributed by atoms with Crippen molar-refractivity contribution in [3.63, 3.8) is 0 Å². The maximum Gasteiger partial charge on any atom is 0.227 e. The number of carbonyl (C=O) groups excluding carboxylic acids is 2. The van der Waals surface area contributed by atoms with E-state index >= 15 is 0 Å². The lowest BCUT2D eigenvalue weighted by molar-refractivity contribution is -0.134. The maximum atomic E-state index is 12.8. The van der Waals surface area contributed by atoms with Gasteiger partial charge in [-0.3, -0.25) is 9.59 Å². The molecule has 1 aromatic carbocycles. The SMILES string of the molecule is CCN(C(=O)CCC(=O)N1CCCC(Cc2nncn2CC2CC2)C1)c1ccccc1. The first-order valence-electron chi connectivity index (χ1n) is 11.6. The fraction of sp³-hybridized carbons (Fsp3) is 0.583. The Morgan fingerprint density at radius 3 is 2.65 bits per heavy atom. The summed E-state index contributed by atoms with van der Waals surface area (Å²) < 4.78 is 2.19. The van der Waals surface area contributed by atoms with Crippen molar-refractivity contribution in [1.29, 1.82) is 0 Å². The normalized spacial score (nSPS) is 18.7. The Morgan fingerprint density at radius 1 is 1.10 bits per heavy atom. The predicted molar refractivity (Wildman–Crippen MR) is 119 cm³/mol. The molecule has 7 nitrogen and oxygen atoms in total. The second-order valence-corrected chi connectivity index (χ2v) is 8.87. The molecule has 4 rings (SSSR count). The molecule has 0 bridgehead atoms. The first kappa shape index (κ1) is 21.5. The van der Waals surface area contributed by atoms with Crippen LogP contribution >= 0.6 is 0 Å². The molecule has 0 spiro atoms. The van der Waals surface area contributed by atoms with E-state index in [1.54, 1.807) is 4.90 Å². The van der Waals surface area contributed by atoms with Crippen LogP contribution in [0.25, 0.3) is 0 Å². The molecule has 2 heterocycles. The van der Waals surface area contributed by atoms with E-state index < -0.39 is 0 Å². The van der Waals surface area contributed by atoms with Crippen LogP contribution in [0, 0.1) is 11.8 Å². The van der Waals surface area contributed by atoms with Crippen LogP contribution in [-0.4, -0.2) is 51.1 Å². The van der Waals surface area contributed by atoms with E-state index in [2.05, 4.69) is 14.8 Å². The first-order valence-corrected chi connectivity index (χ1v) is 11.6. The van der Waals surface area contributed by atoms with E-state index in [1.165, 1.54) is 12.8 Å². The zero-order valence-corrected chi connectivity index (χ0v) is 18.4. The van der Waals surface area contributed by atoms with Gasteiger partial charge >= 0.3 is 0 Å². The number of anilines is 1. The van der Waals surface area contributed by atoms with Crippen LogP contribution in [0.2, 0.25) is 0 Å². The number of aromatic nitrogens is 3. The van der Waals surface area contributed by atoms with Crippen molar-refractivity contribution in [2.24, 2.45) is 11.8 Å². The Morgan fingerprint density at radius 2 is 1.90 bits per heavy atom. The molecule has 2 fully saturated rings. The number of benzene rings is 1. The predicted octanol–water partition coefficient (Wildman–Crippen LogP) is 3.30. The molecule has 2 aromatic rings. The van der Waals surface area contributed by atoms with Gasteiger partial charge in [-0.25, -0.2) is 0 Å².